The number of hydrogen-bond donors (Lipinski definition) is 0. The highest BCUT2D eigenvalue weighted by Gasteiger charge is 2.00. The molecule has 0 saturated carbocycles. The second-order valence-electron chi connectivity index (χ2n) is 5.91. The van der Waals surface area contributed by atoms with Gasteiger partial charge in [0, 0.05) is 6.42 Å². The molecule has 0 aromatic rings. The SMILES string of the molecule is CCCCCCCCCCCCC(=O)C=C(CC)CC. The highest BCUT2D eigenvalue weighted by atomic mass is 16.1. The first kappa shape index (κ1) is 19.4. The van der Waals surface area contributed by atoms with Crippen LogP contribution in [0.1, 0.15) is 104 Å². The molecule has 1 heteroatoms. The topological polar surface area (TPSA) is 17.1 Å². The van der Waals surface area contributed by atoms with Crippen LogP contribution in [-0.2, 0) is 4.79 Å². The summed E-state index contributed by atoms with van der Waals surface area (Å²) in [5.74, 6) is 0.336. The summed E-state index contributed by atoms with van der Waals surface area (Å²) in [6.07, 6.45) is 18.0. The van der Waals surface area contributed by atoms with Crippen molar-refractivity contribution < 1.29 is 4.79 Å². The van der Waals surface area contributed by atoms with Crippen LogP contribution in [0.2, 0.25) is 0 Å². The fraction of sp³-hybridized carbons (Fsp3) is 0.842. The van der Waals surface area contributed by atoms with Crippen LogP contribution in [0.25, 0.3) is 0 Å². The van der Waals surface area contributed by atoms with Gasteiger partial charge in [-0.2, -0.15) is 0 Å². The zero-order valence-electron chi connectivity index (χ0n) is 14.2. The molecule has 0 fully saturated rings. The molecule has 0 radical (unpaired) electrons. The minimum Gasteiger partial charge on any atom is -0.295 e. The minimum absolute atomic E-state index is 0.336. The Morgan fingerprint density at radius 2 is 1.15 bits per heavy atom. The molecular formula is C19H36O. The zero-order valence-corrected chi connectivity index (χ0v) is 14.2. The molecule has 1 nitrogen and oxygen atoms in total. The molecule has 0 spiro atoms. The monoisotopic (exact) mass is 280 g/mol. The number of carbonyl (C=O) groups is 1. The van der Waals surface area contributed by atoms with E-state index in [0.29, 0.717) is 5.78 Å². The van der Waals surface area contributed by atoms with Crippen LogP contribution >= 0.6 is 0 Å². The van der Waals surface area contributed by atoms with Gasteiger partial charge in [0.15, 0.2) is 5.78 Å². The lowest BCUT2D eigenvalue weighted by atomic mass is 10.0. The van der Waals surface area contributed by atoms with Gasteiger partial charge in [0.2, 0.25) is 0 Å². The number of rotatable bonds is 14. The standard InChI is InChI=1S/C19H36O/c1-4-7-8-9-10-11-12-13-14-15-16-19(20)17-18(5-2)6-3/h17H,4-16H2,1-3H3. The maximum Gasteiger partial charge on any atom is 0.155 e. The van der Waals surface area contributed by atoms with E-state index in [0.717, 1.165) is 25.7 Å². The van der Waals surface area contributed by atoms with Crippen LogP contribution in [-0.4, -0.2) is 5.78 Å². The Morgan fingerprint density at radius 1 is 0.700 bits per heavy atom. The van der Waals surface area contributed by atoms with Gasteiger partial charge in [-0.15, -0.1) is 0 Å². The summed E-state index contributed by atoms with van der Waals surface area (Å²) < 4.78 is 0. The number of carbonyl (C=O) groups excluding carboxylic acids is 1. The predicted molar refractivity (Wildman–Crippen MR) is 90.1 cm³/mol. The second kappa shape index (κ2) is 14.8. The van der Waals surface area contributed by atoms with Crippen molar-refractivity contribution in [3.05, 3.63) is 11.6 Å². The molecule has 0 bridgehead atoms. The number of hydrogen-bond acceptors (Lipinski definition) is 1. The van der Waals surface area contributed by atoms with Gasteiger partial charge in [-0.25, -0.2) is 0 Å². The molecule has 0 unspecified atom stereocenters. The van der Waals surface area contributed by atoms with Crippen molar-refractivity contribution in [2.75, 3.05) is 0 Å². The largest absolute Gasteiger partial charge is 0.295 e. The van der Waals surface area contributed by atoms with Crippen LogP contribution in [0.5, 0.6) is 0 Å². The highest BCUT2D eigenvalue weighted by molar-refractivity contribution is 5.90. The first-order valence-corrected chi connectivity index (χ1v) is 8.96. The quantitative estimate of drug-likeness (QED) is 0.258. The van der Waals surface area contributed by atoms with Crippen molar-refractivity contribution in [1.29, 1.82) is 0 Å². The van der Waals surface area contributed by atoms with Crippen molar-refractivity contribution in [2.24, 2.45) is 0 Å². The van der Waals surface area contributed by atoms with Crippen LogP contribution < -0.4 is 0 Å². The smallest absolute Gasteiger partial charge is 0.155 e. The van der Waals surface area contributed by atoms with Gasteiger partial charge in [0.25, 0.3) is 0 Å². The normalized spacial score (nSPS) is 10.6. The summed E-state index contributed by atoms with van der Waals surface area (Å²) in [5, 5.41) is 0. The Hall–Kier alpha value is -0.590. The van der Waals surface area contributed by atoms with Crippen LogP contribution in [0.15, 0.2) is 11.6 Å². The molecular weight excluding hydrogens is 244 g/mol. The first-order chi connectivity index (χ1) is 9.74. The maximum absolute atomic E-state index is 11.7. The van der Waals surface area contributed by atoms with Gasteiger partial charge >= 0.3 is 0 Å². The third kappa shape index (κ3) is 12.4. The van der Waals surface area contributed by atoms with Gasteiger partial charge < -0.3 is 0 Å². The molecule has 20 heavy (non-hydrogen) atoms. The van der Waals surface area contributed by atoms with Gasteiger partial charge in [0.1, 0.15) is 0 Å². The fourth-order valence-corrected chi connectivity index (χ4v) is 2.54. The van der Waals surface area contributed by atoms with Crippen molar-refractivity contribution in [3.8, 4) is 0 Å². The number of unbranched alkanes of at least 4 members (excludes halogenated alkanes) is 9. The van der Waals surface area contributed by atoms with E-state index in [2.05, 4.69) is 20.8 Å². The van der Waals surface area contributed by atoms with E-state index < -0.39 is 0 Å². The third-order valence-corrected chi connectivity index (χ3v) is 4.05. The van der Waals surface area contributed by atoms with E-state index in [1.165, 1.54) is 63.4 Å². The Labute approximate surface area is 127 Å². The molecule has 0 aliphatic rings. The van der Waals surface area contributed by atoms with E-state index >= 15 is 0 Å². The van der Waals surface area contributed by atoms with E-state index in [1.54, 1.807) is 0 Å². The summed E-state index contributed by atoms with van der Waals surface area (Å²) in [6.45, 7) is 6.52. The van der Waals surface area contributed by atoms with Crippen LogP contribution in [0.3, 0.4) is 0 Å². The number of ketones is 1. The summed E-state index contributed by atoms with van der Waals surface area (Å²) in [6, 6.07) is 0. The molecule has 0 aliphatic carbocycles. The fourth-order valence-electron chi connectivity index (χ4n) is 2.54. The second-order valence-corrected chi connectivity index (χ2v) is 5.91. The molecule has 0 atom stereocenters. The average molecular weight is 280 g/mol. The third-order valence-electron chi connectivity index (χ3n) is 4.05. The van der Waals surface area contributed by atoms with Crippen LogP contribution in [0.4, 0.5) is 0 Å². The molecule has 0 N–H and O–H groups in total. The molecule has 118 valence electrons. The summed E-state index contributed by atoms with van der Waals surface area (Å²) >= 11 is 0. The molecule has 0 heterocycles. The molecule has 0 aromatic heterocycles. The zero-order chi connectivity index (χ0) is 15.1. The molecule has 0 rings (SSSR count). The lowest BCUT2D eigenvalue weighted by Crippen LogP contribution is -1.95. The highest BCUT2D eigenvalue weighted by Crippen LogP contribution is 2.12. The molecule has 0 aliphatic heterocycles. The average Bonchev–Trinajstić information content (AvgIpc) is 2.46. The Kier molecular flexibility index (Phi) is 14.4. The van der Waals surface area contributed by atoms with Crippen molar-refractivity contribution >= 4 is 5.78 Å². The number of allylic oxidation sites excluding steroid dienone is 2. The molecule has 0 amide bonds. The van der Waals surface area contributed by atoms with E-state index in [1.807, 2.05) is 6.08 Å². The molecule has 0 saturated heterocycles. The van der Waals surface area contributed by atoms with Gasteiger partial charge in [0.05, 0.1) is 0 Å². The van der Waals surface area contributed by atoms with Gasteiger partial charge in [-0.3, -0.25) is 4.79 Å². The minimum atomic E-state index is 0.336. The van der Waals surface area contributed by atoms with Crippen LogP contribution in [0, 0.1) is 0 Å². The van der Waals surface area contributed by atoms with Gasteiger partial charge in [-0.05, 0) is 25.3 Å². The molecule has 0 aromatic carbocycles. The Morgan fingerprint density at radius 3 is 1.60 bits per heavy atom. The first-order valence-electron chi connectivity index (χ1n) is 8.96. The summed E-state index contributed by atoms with van der Waals surface area (Å²) in [7, 11) is 0. The predicted octanol–water partition coefficient (Wildman–Crippen LogP) is 6.61. The summed E-state index contributed by atoms with van der Waals surface area (Å²) in [5.41, 5.74) is 1.29. The van der Waals surface area contributed by atoms with Gasteiger partial charge in [-0.1, -0.05) is 84.1 Å². The Bertz CT molecular complexity index is 246. The Balaban J connectivity index is 3.35. The van der Waals surface area contributed by atoms with E-state index in [9.17, 15) is 4.79 Å². The van der Waals surface area contributed by atoms with Crippen molar-refractivity contribution in [3.63, 3.8) is 0 Å². The lowest BCUT2D eigenvalue weighted by molar-refractivity contribution is -0.114. The van der Waals surface area contributed by atoms with Crippen molar-refractivity contribution in [2.45, 2.75) is 104 Å². The lowest BCUT2D eigenvalue weighted by Gasteiger charge is -2.02. The van der Waals surface area contributed by atoms with E-state index in [4.69, 9.17) is 0 Å². The van der Waals surface area contributed by atoms with E-state index in [-0.39, 0.29) is 0 Å². The summed E-state index contributed by atoms with van der Waals surface area (Å²) in [4.78, 5) is 11.7. The van der Waals surface area contributed by atoms with Crippen molar-refractivity contribution in [1.82, 2.24) is 0 Å². The maximum atomic E-state index is 11.7.